The molecule has 2 aliphatic rings. The van der Waals surface area contributed by atoms with Crippen molar-refractivity contribution < 1.29 is 55.8 Å². The van der Waals surface area contributed by atoms with Crippen molar-refractivity contribution in [3.8, 4) is 28.0 Å². The molecule has 0 spiro atoms. The number of hydrogen-bond donors (Lipinski definition) is 0. The smallest absolute Gasteiger partial charge is 1.00 e. The zero-order chi connectivity index (χ0) is 32.4. The second-order valence-corrected chi connectivity index (χ2v) is 18.0. The first kappa shape index (κ1) is 40.3. The zero-order valence-corrected chi connectivity index (χ0v) is 35.4. The third kappa shape index (κ3) is 6.92. The van der Waals surface area contributed by atoms with Gasteiger partial charge in [-0.1, -0.05) is 156 Å². The number of halogens is 2. The van der Waals surface area contributed by atoms with Crippen LogP contribution >= 0.6 is 0 Å². The molecule has 0 aromatic heterocycles. The van der Waals surface area contributed by atoms with Gasteiger partial charge in [0.15, 0.2) is 0 Å². The molecule has 1 radical (unpaired) electrons. The van der Waals surface area contributed by atoms with Gasteiger partial charge in [-0.3, -0.25) is 0 Å². The summed E-state index contributed by atoms with van der Waals surface area (Å²) in [6, 6.07) is 29.7. The average Bonchev–Trinajstić information content (AvgIpc) is 3.47. The van der Waals surface area contributed by atoms with E-state index in [4.69, 9.17) is 4.74 Å². The summed E-state index contributed by atoms with van der Waals surface area (Å²) in [6.45, 7) is 23.5. The second kappa shape index (κ2) is 15.0. The van der Waals surface area contributed by atoms with Gasteiger partial charge in [0.2, 0.25) is 0 Å². The van der Waals surface area contributed by atoms with E-state index < -0.39 is 8.80 Å². The summed E-state index contributed by atoms with van der Waals surface area (Å²) < 4.78 is 6.36. The molecule has 2 aliphatic carbocycles. The molecule has 4 aromatic rings. The van der Waals surface area contributed by atoms with Crippen LogP contribution in [0.1, 0.15) is 101 Å². The minimum absolute atomic E-state index is 0. The van der Waals surface area contributed by atoms with E-state index in [1.165, 1.54) is 61.2 Å². The van der Waals surface area contributed by atoms with Gasteiger partial charge in [0.25, 0.3) is 0 Å². The number of methoxy groups -OCH3 is 1. The van der Waals surface area contributed by atoms with Crippen LogP contribution in [0.3, 0.4) is 0 Å². The number of rotatable bonds is 5. The van der Waals surface area contributed by atoms with Gasteiger partial charge in [-0.2, -0.15) is 0 Å². The van der Waals surface area contributed by atoms with Gasteiger partial charge in [-0.25, -0.2) is 0 Å². The zero-order valence-electron chi connectivity index (χ0n) is 30.4. The van der Waals surface area contributed by atoms with Gasteiger partial charge in [0.05, 0.1) is 15.9 Å². The van der Waals surface area contributed by atoms with Crippen LogP contribution in [0.5, 0.6) is 5.75 Å². The molecule has 0 saturated heterocycles. The van der Waals surface area contributed by atoms with E-state index in [1.54, 1.807) is 10.8 Å². The fourth-order valence-corrected chi connectivity index (χ4v) is 9.65. The van der Waals surface area contributed by atoms with Crippen molar-refractivity contribution in [3.05, 3.63) is 123 Å². The second-order valence-electron chi connectivity index (χ2n) is 15.5. The number of hydrogen-bond acceptors (Lipinski definition) is 1. The fourth-order valence-electron chi connectivity index (χ4n) is 7.93. The summed E-state index contributed by atoms with van der Waals surface area (Å²) in [5, 5.41) is 1.58. The van der Waals surface area contributed by atoms with E-state index in [0.717, 1.165) is 5.75 Å². The first-order valence-corrected chi connectivity index (χ1v) is 19.0. The molecule has 0 fully saturated rings. The van der Waals surface area contributed by atoms with E-state index in [-0.39, 0.29) is 61.8 Å². The van der Waals surface area contributed by atoms with Crippen molar-refractivity contribution in [1.82, 2.24) is 0 Å². The Balaban J connectivity index is 0.00000208. The molecule has 0 N–H and O–H groups in total. The molecule has 0 heterocycles. The van der Waals surface area contributed by atoms with Crippen molar-refractivity contribution in [2.45, 2.75) is 91.1 Å². The Bertz CT molecular complexity index is 1840. The standard InChI is InChI=1S/C43H49OSi.2ClH.Zr/c1-26-24-33-31(28-20-22-30(23-21-28)42(3,4)5)18-15-19-32(33)36(26)37-27(2)41(45(10)11)39-34(37)25-35(43(6,7)8)40(44-9)38(39)29-16-13-12-14-17-29;;;/h12-25,36-37H,1-11H3;2*1H;/q;;;+2/p-2. The van der Waals surface area contributed by atoms with Gasteiger partial charge in [0.1, 0.15) is 5.75 Å². The molecule has 0 aliphatic heterocycles. The van der Waals surface area contributed by atoms with E-state index in [0.29, 0.717) is 11.8 Å². The van der Waals surface area contributed by atoms with E-state index in [2.05, 4.69) is 153 Å². The van der Waals surface area contributed by atoms with Crippen molar-refractivity contribution in [1.29, 1.82) is 0 Å². The van der Waals surface area contributed by atoms with Crippen LogP contribution < -0.4 is 29.6 Å². The SMILES string of the molecule is COc1c(C(C)(C)C)cc2c(c1-c1ccccc1)C([Si](C)C)=C(C)C2C1C(C)=Cc2c(-c3ccc(C(C)(C)C)cc3)cccc21.[Cl-].[Cl-].[Zr+2]. The van der Waals surface area contributed by atoms with Crippen molar-refractivity contribution >= 4 is 20.1 Å². The summed E-state index contributed by atoms with van der Waals surface area (Å²) >= 11 is 0. The minimum Gasteiger partial charge on any atom is -1.00 e. The van der Waals surface area contributed by atoms with Crippen molar-refractivity contribution in [3.63, 3.8) is 0 Å². The summed E-state index contributed by atoms with van der Waals surface area (Å²) in [4.78, 5) is 0. The largest absolute Gasteiger partial charge is 2.00 e. The quantitative estimate of drug-likeness (QED) is 0.227. The maximum Gasteiger partial charge on any atom is 2.00 e. The molecule has 249 valence electrons. The van der Waals surface area contributed by atoms with Crippen LogP contribution in [0, 0.1) is 0 Å². The maximum absolute atomic E-state index is 6.36. The molecule has 2 atom stereocenters. The Morgan fingerprint density at radius 3 is 1.83 bits per heavy atom. The summed E-state index contributed by atoms with van der Waals surface area (Å²) in [5.74, 6) is 1.62. The maximum atomic E-state index is 6.36. The molecule has 0 bridgehead atoms. The Hall–Kier alpha value is -2.16. The molecule has 2 unspecified atom stereocenters. The Morgan fingerprint density at radius 2 is 1.29 bits per heavy atom. The van der Waals surface area contributed by atoms with Crippen LogP contribution in [0.2, 0.25) is 13.1 Å². The van der Waals surface area contributed by atoms with E-state index >= 15 is 0 Å². The van der Waals surface area contributed by atoms with Crippen molar-refractivity contribution in [2.24, 2.45) is 0 Å². The molecule has 4 aromatic carbocycles. The van der Waals surface area contributed by atoms with Crippen LogP contribution in [0.4, 0.5) is 0 Å². The first-order valence-electron chi connectivity index (χ1n) is 16.5. The fraction of sp³-hybridized carbons (Fsp3) is 0.349. The first-order chi connectivity index (χ1) is 21.2. The van der Waals surface area contributed by atoms with Crippen molar-refractivity contribution in [2.75, 3.05) is 7.11 Å². The molecule has 1 nitrogen and oxygen atoms in total. The monoisotopic (exact) mass is 769 g/mol. The Labute approximate surface area is 323 Å². The summed E-state index contributed by atoms with van der Waals surface area (Å²) in [6.07, 6.45) is 2.48. The van der Waals surface area contributed by atoms with Crippen LogP contribution in [0.15, 0.2) is 90.0 Å². The van der Waals surface area contributed by atoms with Crippen LogP contribution in [0.25, 0.3) is 33.5 Å². The molecular formula is C43H49Cl2OSiZr. The predicted octanol–water partition coefficient (Wildman–Crippen LogP) is 5.99. The third-order valence-electron chi connectivity index (χ3n) is 10.1. The van der Waals surface area contributed by atoms with E-state index in [9.17, 15) is 0 Å². The summed E-state index contributed by atoms with van der Waals surface area (Å²) in [7, 11) is 1.06. The number of benzene rings is 4. The number of ether oxygens (including phenoxy) is 1. The summed E-state index contributed by atoms with van der Waals surface area (Å²) in [5.41, 5.74) is 16.6. The molecular weight excluding hydrogens is 723 g/mol. The van der Waals surface area contributed by atoms with Crippen LogP contribution in [-0.4, -0.2) is 15.9 Å². The molecule has 0 saturated carbocycles. The minimum atomic E-state index is -0.791. The van der Waals surface area contributed by atoms with Gasteiger partial charge >= 0.3 is 26.2 Å². The molecule has 0 amide bonds. The molecule has 6 rings (SSSR count). The van der Waals surface area contributed by atoms with Gasteiger partial charge < -0.3 is 29.6 Å². The third-order valence-corrected chi connectivity index (χ3v) is 11.7. The predicted molar refractivity (Wildman–Crippen MR) is 197 cm³/mol. The normalized spacial score (nSPS) is 16.8. The Kier molecular flexibility index (Phi) is 12.6. The van der Waals surface area contributed by atoms with E-state index in [1.807, 2.05) is 7.11 Å². The Morgan fingerprint density at radius 1 is 0.667 bits per heavy atom. The van der Waals surface area contributed by atoms with Gasteiger partial charge in [-0.15, -0.1) is 0 Å². The van der Waals surface area contributed by atoms with Gasteiger partial charge in [0, 0.05) is 23.0 Å². The van der Waals surface area contributed by atoms with Crippen LogP contribution in [-0.2, 0) is 37.0 Å². The topological polar surface area (TPSA) is 9.23 Å². The molecule has 5 heteroatoms. The number of allylic oxidation sites excluding steroid dienone is 2. The number of fused-ring (bicyclic) bond motifs is 2. The molecule has 48 heavy (non-hydrogen) atoms. The average molecular weight is 772 g/mol. The van der Waals surface area contributed by atoms with Gasteiger partial charge in [-0.05, 0) is 69.2 Å².